The van der Waals surface area contributed by atoms with Crippen molar-refractivity contribution in [1.82, 2.24) is 10.0 Å². The second-order valence-corrected chi connectivity index (χ2v) is 8.70. The number of hydrogen-bond donors (Lipinski definition) is 2. The van der Waals surface area contributed by atoms with E-state index in [2.05, 4.69) is 14.8 Å². The Morgan fingerprint density at radius 1 is 1.03 bits per heavy atom. The van der Waals surface area contributed by atoms with E-state index >= 15 is 0 Å². The molecule has 0 atom stereocenters. The summed E-state index contributed by atoms with van der Waals surface area (Å²) < 4.78 is 67.7. The van der Waals surface area contributed by atoms with Gasteiger partial charge in [-0.25, -0.2) is 13.1 Å². The van der Waals surface area contributed by atoms with Gasteiger partial charge in [0, 0.05) is 25.1 Å². The van der Waals surface area contributed by atoms with Crippen molar-refractivity contribution >= 4 is 21.7 Å². The summed E-state index contributed by atoms with van der Waals surface area (Å²) in [6, 6.07) is 12.1. The summed E-state index contributed by atoms with van der Waals surface area (Å²) >= 11 is 0. The van der Waals surface area contributed by atoms with Gasteiger partial charge in [0.2, 0.25) is 15.9 Å². The molecule has 2 aromatic carbocycles. The lowest BCUT2D eigenvalue weighted by Crippen LogP contribution is -2.30. The zero-order chi connectivity index (χ0) is 23.8. The largest absolute Gasteiger partial charge is 0.411 e. The first-order valence-electron chi connectivity index (χ1n) is 9.56. The number of halogens is 3. The highest BCUT2D eigenvalue weighted by molar-refractivity contribution is 7.89. The molecule has 2 aromatic rings. The summed E-state index contributed by atoms with van der Waals surface area (Å²) in [4.78, 5) is 23.3. The standard InChI is InChI=1S/C21H23F3N2O5S/c1-15(27)18-3-2-4-19(11-18)32(29,30)26-10-9-20(28)25-12-16-5-7-17(8-6-16)13-31-14-21(22,23)24/h2-8,11,26H,9-10,12-14H2,1H3,(H,25,28). The van der Waals surface area contributed by atoms with Crippen molar-refractivity contribution in [2.24, 2.45) is 0 Å². The quantitative estimate of drug-likeness (QED) is 0.490. The molecule has 0 spiro atoms. The molecule has 2 N–H and O–H groups in total. The summed E-state index contributed by atoms with van der Waals surface area (Å²) in [5.41, 5.74) is 1.55. The van der Waals surface area contributed by atoms with Gasteiger partial charge in [-0.05, 0) is 30.2 Å². The number of Topliss-reactive ketones (excluding diaryl/α,β-unsaturated/α-hetero) is 1. The molecule has 11 heteroatoms. The molecule has 0 saturated heterocycles. The lowest BCUT2D eigenvalue weighted by atomic mass is 10.1. The van der Waals surface area contributed by atoms with Gasteiger partial charge < -0.3 is 10.1 Å². The smallest absolute Gasteiger partial charge is 0.367 e. The fourth-order valence-corrected chi connectivity index (χ4v) is 3.67. The lowest BCUT2D eigenvalue weighted by Gasteiger charge is -2.10. The summed E-state index contributed by atoms with van der Waals surface area (Å²) in [7, 11) is -3.87. The van der Waals surface area contributed by atoms with Gasteiger partial charge in [0.1, 0.15) is 6.61 Å². The number of ether oxygens (including phenoxy) is 1. The van der Waals surface area contributed by atoms with Crippen LogP contribution in [0.1, 0.15) is 34.8 Å². The second-order valence-electron chi connectivity index (χ2n) is 6.93. The molecule has 0 aliphatic heterocycles. The average molecular weight is 472 g/mol. The Bertz CT molecular complexity index is 1040. The van der Waals surface area contributed by atoms with E-state index < -0.39 is 22.8 Å². The highest BCUT2D eigenvalue weighted by Crippen LogP contribution is 2.16. The van der Waals surface area contributed by atoms with Gasteiger partial charge in [0.25, 0.3) is 0 Å². The van der Waals surface area contributed by atoms with Crippen molar-refractivity contribution in [3.63, 3.8) is 0 Å². The molecule has 0 fully saturated rings. The zero-order valence-corrected chi connectivity index (χ0v) is 18.1. The summed E-state index contributed by atoms with van der Waals surface area (Å²) in [5.74, 6) is -0.647. The Labute approximate surface area is 184 Å². The molecule has 0 heterocycles. The van der Waals surface area contributed by atoms with Crippen LogP contribution in [-0.2, 0) is 32.7 Å². The zero-order valence-electron chi connectivity index (χ0n) is 17.2. The first kappa shape index (κ1) is 25.5. The number of sulfonamides is 1. The van der Waals surface area contributed by atoms with Crippen LogP contribution in [0.5, 0.6) is 0 Å². The number of carbonyl (C=O) groups is 2. The Balaban J connectivity index is 1.75. The molecule has 0 saturated carbocycles. The SMILES string of the molecule is CC(=O)c1cccc(S(=O)(=O)NCCC(=O)NCc2ccc(COCC(F)(F)F)cc2)c1. The van der Waals surface area contributed by atoms with E-state index in [0.29, 0.717) is 5.56 Å². The van der Waals surface area contributed by atoms with Crippen LogP contribution in [0, 0.1) is 0 Å². The van der Waals surface area contributed by atoms with Crippen LogP contribution in [0.3, 0.4) is 0 Å². The fraction of sp³-hybridized carbons (Fsp3) is 0.333. The third kappa shape index (κ3) is 8.77. The minimum Gasteiger partial charge on any atom is -0.367 e. The molecule has 7 nitrogen and oxygen atoms in total. The van der Waals surface area contributed by atoms with Gasteiger partial charge in [0.15, 0.2) is 5.78 Å². The summed E-state index contributed by atoms with van der Waals surface area (Å²) in [6.07, 6.45) is -4.48. The van der Waals surface area contributed by atoms with Gasteiger partial charge in [0.05, 0.1) is 11.5 Å². The molecule has 0 aromatic heterocycles. The minimum atomic E-state index is -4.38. The second kappa shape index (κ2) is 11.2. The van der Waals surface area contributed by atoms with Crippen LogP contribution in [0.25, 0.3) is 0 Å². The van der Waals surface area contributed by atoms with E-state index in [0.717, 1.165) is 5.56 Å². The molecular formula is C21H23F3N2O5S. The van der Waals surface area contributed by atoms with E-state index in [1.807, 2.05) is 0 Å². The molecule has 1 amide bonds. The topological polar surface area (TPSA) is 102 Å². The molecule has 0 unspecified atom stereocenters. The highest BCUT2D eigenvalue weighted by atomic mass is 32.2. The number of carbonyl (C=O) groups excluding carboxylic acids is 2. The molecule has 32 heavy (non-hydrogen) atoms. The third-order valence-electron chi connectivity index (χ3n) is 4.24. The molecule has 0 aliphatic rings. The number of amides is 1. The van der Waals surface area contributed by atoms with Crippen LogP contribution >= 0.6 is 0 Å². The molecule has 174 valence electrons. The van der Waals surface area contributed by atoms with Gasteiger partial charge >= 0.3 is 6.18 Å². The highest BCUT2D eigenvalue weighted by Gasteiger charge is 2.27. The Hall–Kier alpha value is -2.76. The first-order chi connectivity index (χ1) is 15.0. The molecule has 0 bridgehead atoms. The number of ketones is 1. The van der Waals surface area contributed by atoms with Crippen molar-refractivity contribution in [2.75, 3.05) is 13.2 Å². The predicted octanol–water partition coefficient (Wildman–Crippen LogP) is 2.95. The first-order valence-corrected chi connectivity index (χ1v) is 11.0. The summed E-state index contributed by atoms with van der Waals surface area (Å²) in [6.45, 7) is -0.124. The normalized spacial score (nSPS) is 11.9. The number of benzene rings is 2. The van der Waals surface area contributed by atoms with Crippen LogP contribution in [-0.4, -0.2) is 39.4 Å². The van der Waals surface area contributed by atoms with Crippen LogP contribution in [0.2, 0.25) is 0 Å². The lowest BCUT2D eigenvalue weighted by molar-refractivity contribution is -0.176. The number of rotatable bonds is 11. The number of nitrogens with one attached hydrogen (secondary N) is 2. The number of alkyl halides is 3. The van der Waals surface area contributed by atoms with E-state index in [1.54, 1.807) is 24.3 Å². The van der Waals surface area contributed by atoms with Gasteiger partial charge in [-0.3, -0.25) is 9.59 Å². The van der Waals surface area contributed by atoms with Crippen molar-refractivity contribution < 1.29 is 35.9 Å². The van der Waals surface area contributed by atoms with Crippen LogP contribution in [0.4, 0.5) is 13.2 Å². The molecule has 0 radical (unpaired) electrons. The third-order valence-corrected chi connectivity index (χ3v) is 5.70. The van der Waals surface area contributed by atoms with Gasteiger partial charge in [-0.15, -0.1) is 0 Å². The Morgan fingerprint density at radius 2 is 1.69 bits per heavy atom. The molecule has 2 rings (SSSR count). The van der Waals surface area contributed by atoms with Crippen molar-refractivity contribution in [3.05, 3.63) is 65.2 Å². The van der Waals surface area contributed by atoms with E-state index in [9.17, 15) is 31.2 Å². The summed E-state index contributed by atoms with van der Waals surface area (Å²) in [5, 5.41) is 2.63. The van der Waals surface area contributed by atoms with Crippen LogP contribution in [0.15, 0.2) is 53.4 Å². The maximum absolute atomic E-state index is 12.3. The predicted molar refractivity (Wildman–Crippen MR) is 110 cm³/mol. The van der Waals surface area contributed by atoms with Crippen molar-refractivity contribution in [3.8, 4) is 0 Å². The molecule has 0 aliphatic carbocycles. The van der Waals surface area contributed by atoms with Crippen molar-refractivity contribution in [2.45, 2.75) is 37.6 Å². The van der Waals surface area contributed by atoms with Gasteiger partial charge in [-0.2, -0.15) is 13.2 Å². The minimum absolute atomic E-state index is 0.0649. The maximum atomic E-state index is 12.3. The Morgan fingerprint density at radius 3 is 2.31 bits per heavy atom. The molecular weight excluding hydrogens is 449 g/mol. The van der Waals surface area contributed by atoms with Crippen LogP contribution < -0.4 is 10.0 Å². The monoisotopic (exact) mass is 472 g/mol. The van der Waals surface area contributed by atoms with E-state index in [4.69, 9.17) is 0 Å². The fourth-order valence-electron chi connectivity index (χ4n) is 2.59. The van der Waals surface area contributed by atoms with Crippen molar-refractivity contribution in [1.29, 1.82) is 0 Å². The average Bonchev–Trinajstić information content (AvgIpc) is 2.72. The maximum Gasteiger partial charge on any atom is 0.411 e. The van der Waals surface area contributed by atoms with E-state index in [1.165, 1.54) is 31.2 Å². The Kier molecular flexibility index (Phi) is 8.93. The van der Waals surface area contributed by atoms with Gasteiger partial charge in [-0.1, -0.05) is 36.4 Å². The number of hydrogen-bond acceptors (Lipinski definition) is 5. The van der Waals surface area contributed by atoms with E-state index in [-0.39, 0.29) is 48.3 Å².